The molecule has 1 heterocycles. The molecule has 0 aromatic carbocycles. The van der Waals surface area contributed by atoms with Crippen LogP contribution in [0.3, 0.4) is 0 Å². The minimum atomic E-state index is -3.74. The Morgan fingerprint density at radius 1 is 1.41 bits per heavy atom. The minimum Gasteiger partial charge on any atom is -0.385 e. The van der Waals surface area contributed by atoms with Crippen molar-refractivity contribution in [1.29, 1.82) is 0 Å². The Balaban J connectivity index is 2.26. The standard InChI is InChI=1S/C9H15ClN2O4S/c1-15-4-2-5-16-6-3-12-7-9(11-8-12)17(10,13)14/h7-8H,2-6H2,1H3. The maximum atomic E-state index is 10.9. The fourth-order valence-corrected chi connectivity index (χ4v) is 1.84. The molecule has 0 amide bonds. The number of hydrogen-bond acceptors (Lipinski definition) is 5. The van der Waals surface area contributed by atoms with Gasteiger partial charge in [0.2, 0.25) is 0 Å². The molecule has 0 aliphatic carbocycles. The molecule has 0 radical (unpaired) electrons. The highest BCUT2D eigenvalue weighted by Gasteiger charge is 2.12. The van der Waals surface area contributed by atoms with Crippen LogP contribution in [0.5, 0.6) is 0 Å². The second-order valence-corrected chi connectivity index (χ2v) is 5.86. The summed E-state index contributed by atoms with van der Waals surface area (Å²) in [6.45, 7) is 2.30. The lowest BCUT2D eigenvalue weighted by molar-refractivity contribution is 0.0976. The number of methoxy groups -OCH3 is 1. The quantitative estimate of drug-likeness (QED) is 0.522. The molecule has 0 atom stereocenters. The molecule has 1 rings (SSSR count). The van der Waals surface area contributed by atoms with E-state index in [1.807, 2.05) is 0 Å². The maximum absolute atomic E-state index is 10.9. The van der Waals surface area contributed by atoms with Crippen LogP contribution < -0.4 is 0 Å². The van der Waals surface area contributed by atoms with Crippen molar-refractivity contribution in [3.63, 3.8) is 0 Å². The summed E-state index contributed by atoms with van der Waals surface area (Å²) in [6, 6.07) is 0. The highest BCUT2D eigenvalue weighted by Crippen LogP contribution is 2.10. The van der Waals surface area contributed by atoms with Crippen molar-refractivity contribution in [2.75, 3.05) is 26.9 Å². The highest BCUT2D eigenvalue weighted by atomic mass is 35.7. The third-order valence-corrected chi connectivity index (χ3v) is 3.18. The molecule has 0 aliphatic heterocycles. The Morgan fingerprint density at radius 3 is 2.76 bits per heavy atom. The van der Waals surface area contributed by atoms with Crippen molar-refractivity contribution in [3.8, 4) is 0 Å². The third kappa shape index (κ3) is 5.49. The summed E-state index contributed by atoms with van der Waals surface area (Å²) in [4.78, 5) is 3.68. The maximum Gasteiger partial charge on any atom is 0.280 e. The van der Waals surface area contributed by atoms with Gasteiger partial charge in [0, 0.05) is 43.7 Å². The second kappa shape index (κ2) is 6.95. The number of halogens is 1. The van der Waals surface area contributed by atoms with E-state index in [2.05, 4.69) is 4.98 Å². The predicted octanol–water partition coefficient (Wildman–Crippen LogP) is 0.864. The number of ether oxygens (including phenoxy) is 2. The van der Waals surface area contributed by atoms with Gasteiger partial charge in [-0.05, 0) is 6.42 Å². The molecule has 0 fully saturated rings. The number of hydrogen-bond donors (Lipinski definition) is 0. The van der Waals surface area contributed by atoms with Gasteiger partial charge in [-0.15, -0.1) is 0 Å². The average molecular weight is 283 g/mol. The fourth-order valence-electron chi connectivity index (χ4n) is 1.17. The Bertz CT molecular complexity index is 432. The SMILES string of the molecule is COCCCOCCn1cnc(S(=O)(=O)Cl)c1. The normalized spacial score (nSPS) is 11.9. The molecular formula is C9H15ClN2O4S. The van der Waals surface area contributed by atoms with Gasteiger partial charge in [0.25, 0.3) is 9.05 Å². The molecule has 0 unspecified atom stereocenters. The molecule has 98 valence electrons. The van der Waals surface area contributed by atoms with Crippen LogP contribution in [0.15, 0.2) is 17.6 Å². The van der Waals surface area contributed by atoms with Crippen LogP contribution in [0.25, 0.3) is 0 Å². The topological polar surface area (TPSA) is 70.4 Å². The van der Waals surface area contributed by atoms with Crippen molar-refractivity contribution in [3.05, 3.63) is 12.5 Å². The molecule has 0 bridgehead atoms. The van der Waals surface area contributed by atoms with Crippen LogP contribution in [-0.4, -0.2) is 44.9 Å². The molecule has 1 aromatic rings. The van der Waals surface area contributed by atoms with E-state index in [1.165, 1.54) is 12.5 Å². The zero-order valence-electron chi connectivity index (χ0n) is 9.50. The molecule has 0 N–H and O–H groups in total. The lowest BCUT2D eigenvalue weighted by Crippen LogP contribution is -2.06. The molecule has 8 heteroatoms. The summed E-state index contributed by atoms with van der Waals surface area (Å²) < 4.78 is 33.7. The van der Waals surface area contributed by atoms with Crippen molar-refractivity contribution in [1.82, 2.24) is 9.55 Å². The van der Waals surface area contributed by atoms with E-state index >= 15 is 0 Å². The summed E-state index contributed by atoms with van der Waals surface area (Å²) in [5, 5.41) is -0.140. The smallest absolute Gasteiger partial charge is 0.280 e. The Morgan fingerprint density at radius 2 is 2.18 bits per heavy atom. The summed E-state index contributed by atoms with van der Waals surface area (Å²) >= 11 is 0. The minimum absolute atomic E-state index is 0.140. The second-order valence-electron chi connectivity index (χ2n) is 3.35. The molecule has 0 saturated heterocycles. The van der Waals surface area contributed by atoms with E-state index in [-0.39, 0.29) is 5.03 Å². The molecule has 6 nitrogen and oxygen atoms in total. The van der Waals surface area contributed by atoms with E-state index < -0.39 is 9.05 Å². The van der Waals surface area contributed by atoms with Gasteiger partial charge < -0.3 is 14.0 Å². The number of rotatable bonds is 8. The van der Waals surface area contributed by atoms with Crippen LogP contribution in [-0.2, 0) is 25.1 Å². The van der Waals surface area contributed by atoms with Gasteiger partial charge in [0.15, 0.2) is 5.03 Å². The first-order valence-electron chi connectivity index (χ1n) is 5.07. The van der Waals surface area contributed by atoms with Crippen molar-refractivity contribution < 1.29 is 17.9 Å². The number of imidazole rings is 1. The van der Waals surface area contributed by atoms with Crippen LogP contribution in [0.2, 0.25) is 0 Å². The molecule has 0 saturated carbocycles. The molecule has 0 aliphatic rings. The van der Waals surface area contributed by atoms with Gasteiger partial charge in [-0.3, -0.25) is 0 Å². The molecule has 1 aromatic heterocycles. The van der Waals surface area contributed by atoms with Gasteiger partial charge in [0.05, 0.1) is 12.9 Å². The summed E-state index contributed by atoms with van der Waals surface area (Å²) in [6.07, 6.45) is 3.62. The number of nitrogens with zero attached hydrogens (tertiary/aromatic N) is 2. The van der Waals surface area contributed by atoms with Crippen LogP contribution in [0, 0.1) is 0 Å². The van der Waals surface area contributed by atoms with Gasteiger partial charge in [-0.1, -0.05) is 0 Å². The predicted molar refractivity (Wildman–Crippen MR) is 62.6 cm³/mol. The van der Waals surface area contributed by atoms with E-state index in [1.54, 1.807) is 11.7 Å². The van der Waals surface area contributed by atoms with Gasteiger partial charge in [0.1, 0.15) is 0 Å². The van der Waals surface area contributed by atoms with Crippen molar-refractivity contribution >= 4 is 19.7 Å². The lowest BCUT2D eigenvalue weighted by atomic mass is 10.5. The monoisotopic (exact) mass is 282 g/mol. The van der Waals surface area contributed by atoms with Crippen LogP contribution >= 0.6 is 10.7 Å². The number of aromatic nitrogens is 2. The zero-order valence-corrected chi connectivity index (χ0v) is 11.1. The fraction of sp³-hybridized carbons (Fsp3) is 0.667. The first kappa shape index (κ1) is 14.4. The van der Waals surface area contributed by atoms with Crippen LogP contribution in [0.4, 0.5) is 0 Å². The molecular weight excluding hydrogens is 268 g/mol. The summed E-state index contributed by atoms with van der Waals surface area (Å²) in [5.74, 6) is 0. The van der Waals surface area contributed by atoms with Gasteiger partial charge in [-0.25, -0.2) is 13.4 Å². The van der Waals surface area contributed by atoms with E-state index in [0.717, 1.165) is 6.42 Å². The summed E-state index contributed by atoms with van der Waals surface area (Å²) in [5.41, 5.74) is 0. The first-order valence-corrected chi connectivity index (χ1v) is 7.38. The third-order valence-electron chi connectivity index (χ3n) is 1.99. The first-order chi connectivity index (χ1) is 8.04. The highest BCUT2D eigenvalue weighted by molar-refractivity contribution is 8.13. The van der Waals surface area contributed by atoms with Crippen molar-refractivity contribution in [2.24, 2.45) is 0 Å². The molecule has 0 spiro atoms. The van der Waals surface area contributed by atoms with Crippen LogP contribution in [0.1, 0.15) is 6.42 Å². The largest absolute Gasteiger partial charge is 0.385 e. The van der Waals surface area contributed by atoms with E-state index in [9.17, 15) is 8.42 Å². The Hall–Kier alpha value is -0.630. The Kier molecular flexibility index (Phi) is 5.90. The van der Waals surface area contributed by atoms with E-state index in [4.69, 9.17) is 20.2 Å². The van der Waals surface area contributed by atoms with Crippen molar-refractivity contribution in [2.45, 2.75) is 18.0 Å². The lowest BCUT2D eigenvalue weighted by Gasteiger charge is -2.04. The summed E-state index contributed by atoms with van der Waals surface area (Å²) in [7, 11) is 3.04. The Labute approximate surface area is 105 Å². The average Bonchev–Trinajstić information content (AvgIpc) is 2.71. The van der Waals surface area contributed by atoms with E-state index in [0.29, 0.717) is 26.4 Å². The van der Waals surface area contributed by atoms with Gasteiger partial charge in [-0.2, -0.15) is 0 Å². The zero-order chi connectivity index (χ0) is 12.7. The molecule has 17 heavy (non-hydrogen) atoms. The van der Waals surface area contributed by atoms with Gasteiger partial charge >= 0.3 is 0 Å².